The van der Waals surface area contributed by atoms with Crippen molar-refractivity contribution in [1.82, 2.24) is 5.32 Å². The van der Waals surface area contributed by atoms with Crippen LogP contribution in [-0.4, -0.2) is 7.05 Å². The van der Waals surface area contributed by atoms with E-state index in [9.17, 15) is 0 Å². The Balaban J connectivity index is 2.16. The maximum Gasteiger partial charge on any atom is 0.0656 e. The van der Waals surface area contributed by atoms with E-state index in [1.54, 1.807) is 0 Å². The summed E-state index contributed by atoms with van der Waals surface area (Å²) >= 11 is 4.29. The van der Waals surface area contributed by atoms with Gasteiger partial charge in [-0.05, 0) is 64.9 Å². The summed E-state index contributed by atoms with van der Waals surface area (Å²) in [5, 5.41) is 5.91. The van der Waals surface area contributed by atoms with E-state index in [4.69, 9.17) is 0 Å². The lowest BCUT2D eigenvalue weighted by atomic mass is 9.73. The van der Waals surface area contributed by atoms with Crippen LogP contribution in [0.25, 0.3) is 0 Å². The smallest absolute Gasteiger partial charge is 0.0656 e. The molecular formula is C14H22INS. The first-order valence-corrected chi connectivity index (χ1v) is 8.63. The number of halogens is 1. The van der Waals surface area contributed by atoms with Crippen molar-refractivity contribution in [1.29, 1.82) is 0 Å². The summed E-state index contributed by atoms with van der Waals surface area (Å²) in [4.78, 5) is 0. The first kappa shape index (κ1) is 13.8. The van der Waals surface area contributed by atoms with Gasteiger partial charge in [-0.15, -0.1) is 11.3 Å². The lowest BCUT2D eigenvalue weighted by molar-refractivity contribution is 0.181. The van der Waals surface area contributed by atoms with Gasteiger partial charge in [0.1, 0.15) is 0 Å². The molecule has 0 aliphatic heterocycles. The second kappa shape index (κ2) is 6.53. The van der Waals surface area contributed by atoms with Crippen LogP contribution in [0.2, 0.25) is 0 Å². The summed E-state index contributed by atoms with van der Waals surface area (Å²) in [7, 11) is 2.12. The molecule has 0 radical (unpaired) electrons. The summed E-state index contributed by atoms with van der Waals surface area (Å²) in [6.07, 6.45) is 7.02. The molecule has 0 saturated heterocycles. The molecule has 17 heavy (non-hydrogen) atoms. The van der Waals surface area contributed by atoms with Gasteiger partial charge in [-0.3, -0.25) is 0 Å². The highest BCUT2D eigenvalue weighted by Gasteiger charge is 2.31. The van der Waals surface area contributed by atoms with Crippen LogP contribution in [0.15, 0.2) is 11.4 Å². The molecule has 1 N–H and O–H groups in total. The molecule has 1 aromatic heterocycles. The molecule has 0 spiro atoms. The molecule has 1 aliphatic rings. The highest BCUT2D eigenvalue weighted by atomic mass is 127. The van der Waals surface area contributed by atoms with Crippen LogP contribution in [0.1, 0.15) is 50.6 Å². The zero-order chi connectivity index (χ0) is 12.3. The third kappa shape index (κ3) is 3.24. The van der Waals surface area contributed by atoms with E-state index in [0.717, 1.165) is 11.8 Å². The largest absolute Gasteiger partial charge is 0.313 e. The maximum absolute atomic E-state index is 3.57. The number of thiophene rings is 1. The molecule has 2 rings (SSSR count). The Kier molecular flexibility index (Phi) is 5.30. The molecule has 0 aromatic carbocycles. The molecule has 1 aliphatic carbocycles. The van der Waals surface area contributed by atoms with Crippen molar-refractivity contribution in [2.75, 3.05) is 7.05 Å². The minimum Gasteiger partial charge on any atom is -0.313 e. The van der Waals surface area contributed by atoms with Crippen molar-refractivity contribution >= 4 is 33.9 Å². The van der Waals surface area contributed by atoms with Gasteiger partial charge >= 0.3 is 0 Å². The molecule has 3 heteroatoms. The van der Waals surface area contributed by atoms with Gasteiger partial charge in [0.2, 0.25) is 0 Å². The van der Waals surface area contributed by atoms with Crippen LogP contribution in [0.5, 0.6) is 0 Å². The van der Waals surface area contributed by atoms with Crippen LogP contribution in [0, 0.1) is 14.7 Å². The van der Waals surface area contributed by atoms with Gasteiger partial charge < -0.3 is 5.32 Å². The normalized spacial score (nSPS) is 27.0. The monoisotopic (exact) mass is 363 g/mol. The molecular weight excluding hydrogens is 341 g/mol. The van der Waals surface area contributed by atoms with Crippen molar-refractivity contribution in [2.24, 2.45) is 11.8 Å². The Morgan fingerprint density at radius 2 is 2.24 bits per heavy atom. The minimum absolute atomic E-state index is 0.569. The summed E-state index contributed by atoms with van der Waals surface area (Å²) in [6, 6.07) is 2.92. The van der Waals surface area contributed by atoms with Crippen molar-refractivity contribution < 1.29 is 0 Å². The Morgan fingerprint density at radius 1 is 1.47 bits per heavy atom. The average Bonchev–Trinajstić information content (AvgIpc) is 2.77. The molecule has 1 saturated carbocycles. The van der Waals surface area contributed by atoms with E-state index in [1.165, 1.54) is 40.6 Å². The van der Waals surface area contributed by atoms with E-state index in [1.807, 2.05) is 11.3 Å². The number of hydrogen-bond acceptors (Lipinski definition) is 2. The number of nitrogens with one attached hydrogen (secondary N) is 1. The summed E-state index contributed by atoms with van der Waals surface area (Å²) in [5.74, 6) is 1.75. The second-order valence-electron chi connectivity index (χ2n) is 5.07. The molecule has 1 fully saturated rings. The van der Waals surface area contributed by atoms with E-state index in [2.05, 4.69) is 53.3 Å². The van der Waals surface area contributed by atoms with E-state index in [0.29, 0.717) is 6.04 Å². The van der Waals surface area contributed by atoms with Gasteiger partial charge in [0.15, 0.2) is 0 Å². The van der Waals surface area contributed by atoms with Gasteiger partial charge in [-0.2, -0.15) is 0 Å². The van der Waals surface area contributed by atoms with Crippen molar-refractivity contribution in [3.63, 3.8) is 0 Å². The van der Waals surface area contributed by atoms with E-state index >= 15 is 0 Å². The molecule has 0 amide bonds. The van der Waals surface area contributed by atoms with Crippen LogP contribution in [-0.2, 0) is 0 Å². The fourth-order valence-electron chi connectivity index (χ4n) is 3.30. The minimum atomic E-state index is 0.569. The molecule has 3 unspecified atom stereocenters. The van der Waals surface area contributed by atoms with Gasteiger partial charge in [0.05, 0.1) is 2.88 Å². The highest BCUT2D eigenvalue weighted by molar-refractivity contribution is 14.1. The van der Waals surface area contributed by atoms with Gasteiger partial charge in [0, 0.05) is 6.04 Å². The molecule has 0 bridgehead atoms. The third-order valence-corrected chi connectivity index (χ3v) is 5.99. The molecule has 1 nitrogen and oxygen atoms in total. The fourth-order valence-corrected chi connectivity index (χ4v) is 4.70. The van der Waals surface area contributed by atoms with E-state index in [-0.39, 0.29) is 0 Å². The molecule has 96 valence electrons. The standard InChI is InChI=1S/C14H22INS/c1-3-10-6-4-5-7-12(10)14(16-2)11-8-13(15)17-9-11/h8-10,12,14,16H,3-7H2,1-2H3. The predicted octanol–water partition coefficient (Wildman–Crippen LogP) is 4.83. The topological polar surface area (TPSA) is 12.0 Å². The summed E-state index contributed by atoms with van der Waals surface area (Å²) < 4.78 is 1.40. The second-order valence-corrected chi connectivity index (χ2v) is 7.87. The fraction of sp³-hybridized carbons (Fsp3) is 0.714. The van der Waals surface area contributed by atoms with Crippen molar-refractivity contribution in [3.05, 3.63) is 19.9 Å². The SMILES string of the molecule is CCC1CCCCC1C(NC)c1csc(I)c1. The number of hydrogen-bond donors (Lipinski definition) is 1. The zero-order valence-electron chi connectivity index (χ0n) is 10.7. The van der Waals surface area contributed by atoms with Crippen LogP contribution in [0.3, 0.4) is 0 Å². The van der Waals surface area contributed by atoms with Gasteiger partial charge in [-0.25, -0.2) is 0 Å². The van der Waals surface area contributed by atoms with Crippen molar-refractivity contribution in [3.8, 4) is 0 Å². The highest BCUT2D eigenvalue weighted by Crippen LogP contribution is 2.41. The first-order valence-electron chi connectivity index (χ1n) is 6.67. The first-order chi connectivity index (χ1) is 8.26. The third-order valence-electron chi connectivity index (χ3n) is 4.18. The zero-order valence-corrected chi connectivity index (χ0v) is 13.7. The molecule has 1 aromatic rings. The lowest BCUT2D eigenvalue weighted by Crippen LogP contribution is -2.32. The van der Waals surface area contributed by atoms with Gasteiger partial charge in [-0.1, -0.05) is 32.6 Å². The van der Waals surface area contributed by atoms with Crippen LogP contribution in [0.4, 0.5) is 0 Å². The maximum atomic E-state index is 3.57. The Morgan fingerprint density at radius 3 is 2.82 bits per heavy atom. The average molecular weight is 363 g/mol. The Bertz CT molecular complexity index is 350. The Labute approximate surface area is 123 Å². The lowest BCUT2D eigenvalue weighted by Gasteiger charge is -2.36. The summed E-state index contributed by atoms with van der Waals surface area (Å²) in [6.45, 7) is 2.35. The molecule has 3 atom stereocenters. The van der Waals surface area contributed by atoms with Gasteiger partial charge in [0.25, 0.3) is 0 Å². The Hall–Kier alpha value is 0.390. The molecule has 1 heterocycles. The number of rotatable bonds is 4. The predicted molar refractivity (Wildman–Crippen MR) is 84.6 cm³/mol. The van der Waals surface area contributed by atoms with Crippen LogP contribution < -0.4 is 5.32 Å². The quantitative estimate of drug-likeness (QED) is 0.756. The van der Waals surface area contributed by atoms with Crippen LogP contribution >= 0.6 is 33.9 Å². The van der Waals surface area contributed by atoms with E-state index < -0.39 is 0 Å². The van der Waals surface area contributed by atoms with Crippen molar-refractivity contribution in [2.45, 2.75) is 45.1 Å². The summed E-state index contributed by atoms with van der Waals surface area (Å²) in [5.41, 5.74) is 1.51.